The van der Waals surface area contributed by atoms with E-state index in [4.69, 9.17) is 14.2 Å². The maximum absolute atomic E-state index is 12.1. The summed E-state index contributed by atoms with van der Waals surface area (Å²) in [5, 5.41) is 0. The summed E-state index contributed by atoms with van der Waals surface area (Å²) in [7, 11) is 0. The third-order valence-corrected chi connectivity index (χ3v) is 3.59. The fourth-order valence-corrected chi connectivity index (χ4v) is 2.43. The average molecular weight is 340 g/mol. The third-order valence-electron chi connectivity index (χ3n) is 3.59. The lowest BCUT2D eigenvalue weighted by Crippen LogP contribution is -2.06. The molecule has 0 amide bonds. The zero-order chi connectivity index (χ0) is 18.2. The smallest absolute Gasteiger partial charge is 0.336 e. The summed E-state index contributed by atoms with van der Waals surface area (Å²) in [5.41, 5.74) is 2.70. The maximum Gasteiger partial charge on any atom is 0.336 e. The molecular formula is C21H24O4. The lowest BCUT2D eigenvalue weighted by Gasteiger charge is -2.11. The molecule has 4 heteroatoms. The van der Waals surface area contributed by atoms with Crippen molar-refractivity contribution in [3.63, 3.8) is 0 Å². The Kier molecular flexibility index (Phi) is 6.63. The zero-order valence-electron chi connectivity index (χ0n) is 15.2. The Bertz CT molecular complexity index is 742. The Labute approximate surface area is 149 Å². The highest BCUT2D eigenvalue weighted by atomic mass is 16.5. The Balaban J connectivity index is 2.12. The molecule has 0 unspecified atom stereocenters. The fraction of sp³-hybridized carbons (Fsp3) is 0.286. The van der Waals surface area contributed by atoms with Gasteiger partial charge < -0.3 is 14.2 Å². The van der Waals surface area contributed by atoms with Gasteiger partial charge in [0, 0.05) is 6.08 Å². The van der Waals surface area contributed by atoms with Gasteiger partial charge in [0.15, 0.2) is 11.5 Å². The number of carbonyl (C=O) groups is 1. The maximum atomic E-state index is 12.1. The normalized spacial score (nSPS) is 10.7. The van der Waals surface area contributed by atoms with Crippen LogP contribution in [0, 0.1) is 13.8 Å². The van der Waals surface area contributed by atoms with Crippen LogP contribution in [-0.4, -0.2) is 19.2 Å². The summed E-state index contributed by atoms with van der Waals surface area (Å²) in [6, 6.07) is 11.3. The molecule has 0 aliphatic rings. The SMILES string of the molecule is CCOc1ccc(C=CC(=O)Oc2c(C)cccc2C)cc1OCC. The van der Waals surface area contributed by atoms with Crippen LogP contribution in [0.25, 0.3) is 6.08 Å². The molecule has 0 aliphatic heterocycles. The highest BCUT2D eigenvalue weighted by Crippen LogP contribution is 2.29. The van der Waals surface area contributed by atoms with Crippen molar-refractivity contribution in [3.8, 4) is 17.2 Å². The van der Waals surface area contributed by atoms with Crippen LogP contribution in [0.5, 0.6) is 17.2 Å². The van der Waals surface area contributed by atoms with Crippen molar-refractivity contribution in [1.29, 1.82) is 0 Å². The van der Waals surface area contributed by atoms with Gasteiger partial charge in [0.25, 0.3) is 0 Å². The molecular weight excluding hydrogens is 316 g/mol. The van der Waals surface area contributed by atoms with Crippen LogP contribution in [0.15, 0.2) is 42.5 Å². The largest absolute Gasteiger partial charge is 0.490 e. The van der Waals surface area contributed by atoms with E-state index >= 15 is 0 Å². The number of ether oxygens (including phenoxy) is 3. The number of esters is 1. The second-order valence-corrected chi connectivity index (χ2v) is 5.55. The van der Waals surface area contributed by atoms with Gasteiger partial charge in [0.1, 0.15) is 5.75 Å². The molecule has 132 valence electrons. The number of para-hydroxylation sites is 1. The third kappa shape index (κ3) is 5.11. The van der Waals surface area contributed by atoms with Gasteiger partial charge in [0.2, 0.25) is 0 Å². The van der Waals surface area contributed by atoms with Crippen LogP contribution >= 0.6 is 0 Å². The van der Waals surface area contributed by atoms with Crippen molar-refractivity contribution in [3.05, 3.63) is 59.2 Å². The van der Waals surface area contributed by atoms with E-state index in [9.17, 15) is 4.79 Å². The second-order valence-electron chi connectivity index (χ2n) is 5.55. The molecule has 0 atom stereocenters. The first-order valence-corrected chi connectivity index (χ1v) is 8.40. The van der Waals surface area contributed by atoms with Crippen LogP contribution in [0.1, 0.15) is 30.5 Å². The van der Waals surface area contributed by atoms with Crippen LogP contribution in [0.3, 0.4) is 0 Å². The van der Waals surface area contributed by atoms with E-state index < -0.39 is 5.97 Å². The minimum atomic E-state index is -0.413. The molecule has 2 aromatic carbocycles. The van der Waals surface area contributed by atoms with Gasteiger partial charge in [-0.25, -0.2) is 4.79 Å². The molecule has 2 aromatic rings. The van der Waals surface area contributed by atoms with Gasteiger partial charge in [-0.2, -0.15) is 0 Å². The summed E-state index contributed by atoms with van der Waals surface area (Å²) in [5.74, 6) is 1.55. The minimum Gasteiger partial charge on any atom is -0.490 e. The van der Waals surface area contributed by atoms with Crippen LogP contribution in [0.4, 0.5) is 0 Å². The molecule has 0 fully saturated rings. The van der Waals surface area contributed by atoms with Gasteiger partial charge in [-0.3, -0.25) is 0 Å². The molecule has 0 saturated heterocycles. The Morgan fingerprint density at radius 1 is 0.960 bits per heavy atom. The number of hydrogen-bond acceptors (Lipinski definition) is 4. The summed E-state index contributed by atoms with van der Waals surface area (Å²) >= 11 is 0. The van der Waals surface area contributed by atoms with E-state index in [1.165, 1.54) is 6.08 Å². The average Bonchev–Trinajstić information content (AvgIpc) is 2.59. The molecule has 0 aromatic heterocycles. The topological polar surface area (TPSA) is 44.8 Å². The first kappa shape index (κ1) is 18.6. The number of rotatable bonds is 7. The summed E-state index contributed by atoms with van der Waals surface area (Å²) < 4.78 is 16.6. The fourth-order valence-electron chi connectivity index (χ4n) is 2.43. The standard InChI is InChI=1S/C21H24O4/c1-5-23-18-12-10-17(14-19(18)24-6-2)11-13-20(22)25-21-15(3)8-7-9-16(21)4/h7-14H,5-6H2,1-4H3. The predicted octanol–water partition coefficient (Wildman–Crippen LogP) is 4.72. The van der Waals surface area contributed by atoms with Crippen molar-refractivity contribution in [2.24, 2.45) is 0 Å². The highest BCUT2D eigenvalue weighted by Gasteiger charge is 2.08. The summed E-state index contributed by atoms with van der Waals surface area (Å²) in [4.78, 5) is 12.1. The van der Waals surface area contributed by atoms with E-state index in [0.29, 0.717) is 30.5 Å². The highest BCUT2D eigenvalue weighted by molar-refractivity contribution is 5.89. The summed E-state index contributed by atoms with van der Waals surface area (Å²) in [6.07, 6.45) is 3.12. The van der Waals surface area contributed by atoms with Crippen molar-refractivity contribution in [1.82, 2.24) is 0 Å². The van der Waals surface area contributed by atoms with Crippen molar-refractivity contribution >= 4 is 12.0 Å². The Morgan fingerprint density at radius 2 is 1.60 bits per heavy atom. The second kappa shape index (κ2) is 8.92. The van der Waals surface area contributed by atoms with Crippen LogP contribution in [0.2, 0.25) is 0 Å². The Morgan fingerprint density at radius 3 is 2.24 bits per heavy atom. The molecule has 0 bridgehead atoms. The van der Waals surface area contributed by atoms with Crippen molar-refractivity contribution in [2.45, 2.75) is 27.7 Å². The first-order valence-electron chi connectivity index (χ1n) is 8.40. The van der Waals surface area contributed by atoms with Gasteiger partial charge >= 0.3 is 5.97 Å². The number of aryl methyl sites for hydroxylation is 2. The molecule has 0 spiro atoms. The molecule has 0 N–H and O–H groups in total. The van der Waals surface area contributed by atoms with E-state index in [0.717, 1.165) is 16.7 Å². The number of hydrogen-bond donors (Lipinski definition) is 0. The van der Waals surface area contributed by atoms with Crippen molar-refractivity contribution < 1.29 is 19.0 Å². The van der Waals surface area contributed by atoms with E-state index in [2.05, 4.69) is 0 Å². The zero-order valence-corrected chi connectivity index (χ0v) is 15.2. The van der Waals surface area contributed by atoms with E-state index in [1.54, 1.807) is 6.08 Å². The predicted molar refractivity (Wildman–Crippen MR) is 99.4 cm³/mol. The quantitative estimate of drug-likeness (QED) is 0.416. The molecule has 0 heterocycles. The van der Waals surface area contributed by atoms with Gasteiger partial charge in [-0.1, -0.05) is 24.3 Å². The molecule has 4 nitrogen and oxygen atoms in total. The van der Waals surface area contributed by atoms with Crippen LogP contribution < -0.4 is 14.2 Å². The summed E-state index contributed by atoms with van der Waals surface area (Å²) in [6.45, 7) is 8.78. The lowest BCUT2D eigenvalue weighted by molar-refractivity contribution is -0.129. The molecule has 25 heavy (non-hydrogen) atoms. The monoisotopic (exact) mass is 340 g/mol. The van der Waals surface area contributed by atoms with E-state index in [1.807, 2.05) is 64.1 Å². The molecule has 2 rings (SSSR count). The molecule has 0 aliphatic carbocycles. The minimum absolute atomic E-state index is 0.413. The molecule has 0 radical (unpaired) electrons. The van der Waals surface area contributed by atoms with Gasteiger partial charge in [-0.05, 0) is 62.6 Å². The van der Waals surface area contributed by atoms with Crippen molar-refractivity contribution in [2.75, 3.05) is 13.2 Å². The van der Waals surface area contributed by atoms with Crippen LogP contribution in [-0.2, 0) is 4.79 Å². The Hall–Kier alpha value is -2.75. The lowest BCUT2D eigenvalue weighted by atomic mass is 10.1. The number of carbonyl (C=O) groups excluding carboxylic acids is 1. The van der Waals surface area contributed by atoms with E-state index in [-0.39, 0.29) is 0 Å². The van der Waals surface area contributed by atoms with Gasteiger partial charge in [0.05, 0.1) is 13.2 Å². The number of benzene rings is 2. The van der Waals surface area contributed by atoms with Gasteiger partial charge in [-0.15, -0.1) is 0 Å². The first-order chi connectivity index (χ1) is 12.0. The molecule has 0 saturated carbocycles.